The van der Waals surface area contributed by atoms with Crippen molar-refractivity contribution in [2.45, 2.75) is 6.92 Å². The summed E-state index contributed by atoms with van der Waals surface area (Å²) in [6.45, 7) is 1.72. The van der Waals surface area contributed by atoms with Gasteiger partial charge in [0.05, 0.1) is 35.6 Å². The average Bonchev–Trinajstić information content (AvgIpc) is 3.10. The second kappa shape index (κ2) is 8.48. The molecule has 0 atom stereocenters. The van der Waals surface area contributed by atoms with Crippen LogP contribution in [0.5, 0.6) is 11.5 Å². The third-order valence-electron chi connectivity index (χ3n) is 3.92. The van der Waals surface area contributed by atoms with Gasteiger partial charge in [-0.1, -0.05) is 30.3 Å². The summed E-state index contributed by atoms with van der Waals surface area (Å²) in [5.41, 5.74) is 3.47. The number of aryl methyl sites for hydroxylation is 1. The molecule has 3 aromatic rings. The van der Waals surface area contributed by atoms with E-state index >= 15 is 0 Å². The number of methoxy groups -OCH3 is 1. The zero-order valence-electron chi connectivity index (χ0n) is 15.4. The van der Waals surface area contributed by atoms with Gasteiger partial charge in [0.1, 0.15) is 9.88 Å². The second-order valence-electron chi connectivity index (χ2n) is 5.84. The number of carbonyl (C=O) groups is 1. The minimum atomic E-state index is -0.634. The molecule has 2 N–H and O–H groups in total. The van der Waals surface area contributed by atoms with Crippen LogP contribution in [0, 0.1) is 17.0 Å². The van der Waals surface area contributed by atoms with Gasteiger partial charge in [-0.25, -0.2) is 10.4 Å². The Morgan fingerprint density at radius 3 is 2.72 bits per heavy atom. The Bertz CT molecular complexity index is 1100. The van der Waals surface area contributed by atoms with Crippen LogP contribution in [-0.2, 0) is 0 Å². The fourth-order valence-electron chi connectivity index (χ4n) is 2.52. The number of aromatic nitrogens is 1. The van der Waals surface area contributed by atoms with Crippen molar-refractivity contribution in [2.24, 2.45) is 5.10 Å². The molecule has 0 unspecified atom stereocenters. The third-order valence-corrected chi connectivity index (χ3v) is 5.12. The second-order valence-corrected chi connectivity index (χ2v) is 6.84. The van der Waals surface area contributed by atoms with Crippen LogP contribution in [0.1, 0.15) is 20.9 Å². The quantitative estimate of drug-likeness (QED) is 0.362. The predicted octanol–water partition coefficient (Wildman–Crippen LogP) is 3.50. The van der Waals surface area contributed by atoms with Gasteiger partial charge in [0.15, 0.2) is 11.5 Å². The standard InChI is InChI=1S/C19H16N4O5S/c1-11-17(29-19(21-11)12-6-4-3-5-7-12)18(25)22-20-10-13-8-15(24)16(28-2)9-14(13)23(26)27/h3-10,24H,1-2H3,(H,22,25)/b20-10+. The summed E-state index contributed by atoms with van der Waals surface area (Å²) in [5.74, 6) is -0.804. The van der Waals surface area contributed by atoms with E-state index in [4.69, 9.17) is 4.74 Å². The summed E-state index contributed by atoms with van der Waals surface area (Å²) < 4.78 is 4.87. The topological polar surface area (TPSA) is 127 Å². The van der Waals surface area contributed by atoms with Crippen LogP contribution < -0.4 is 10.2 Å². The molecule has 0 spiro atoms. The molecule has 148 valence electrons. The molecule has 0 bridgehead atoms. The van der Waals surface area contributed by atoms with Gasteiger partial charge in [-0.05, 0) is 13.0 Å². The van der Waals surface area contributed by atoms with Crippen molar-refractivity contribution in [2.75, 3.05) is 7.11 Å². The summed E-state index contributed by atoms with van der Waals surface area (Å²) in [6, 6.07) is 11.7. The van der Waals surface area contributed by atoms with Gasteiger partial charge < -0.3 is 9.84 Å². The highest BCUT2D eigenvalue weighted by atomic mass is 32.1. The maximum atomic E-state index is 12.4. The molecule has 1 heterocycles. The van der Waals surface area contributed by atoms with Crippen LogP contribution in [0.3, 0.4) is 0 Å². The number of hydrazone groups is 1. The lowest BCUT2D eigenvalue weighted by molar-refractivity contribution is -0.385. The number of nitrogens with zero attached hydrogens (tertiary/aromatic N) is 3. The molecule has 1 amide bonds. The van der Waals surface area contributed by atoms with Crippen molar-refractivity contribution in [1.82, 2.24) is 10.4 Å². The highest BCUT2D eigenvalue weighted by Crippen LogP contribution is 2.32. The van der Waals surface area contributed by atoms with E-state index in [1.807, 2.05) is 30.3 Å². The number of nitro benzene ring substituents is 1. The minimum absolute atomic E-state index is 0.0135. The Labute approximate surface area is 169 Å². The highest BCUT2D eigenvalue weighted by molar-refractivity contribution is 7.17. The number of hydrogen-bond acceptors (Lipinski definition) is 8. The fraction of sp³-hybridized carbons (Fsp3) is 0.105. The number of thiazole rings is 1. The van der Waals surface area contributed by atoms with E-state index in [1.165, 1.54) is 18.4 Å². The van der Waals surface area contributed by atoms with Crippen LogP contribution in [0.4, 0.5) is 5.69 Å². The first-order valence-corrected chi connectivity index (χ1v) is 9.14. The van der Waals surface area contributed by atoms with Crippen LogP contribution >= 0.6 is 11.3 Å². The lowest BCUT2D eigenvalue weighted by Gasteiger charge is -2.05. The van der Waals surface area contributed by atoms with E-state index in [1.54, 1.807) is 6.92 Å². The maximum Gasteiger partial charge on any atom is 0.283 e. The number of ether oxygens (including phenoxy) is 1. The smallest absolute Gasteiger partial charge is 0.283 e. The van der Waals surface area contributed by atoms with E-state index in [0.29, 0.717) is 15.6 Å². The monoisotopic (exact) mass is 412 g/mol. The number of nitro groups is 1. The summed E-state index contributed by atoms with van der Waals surface area (Å²) in [6.07, 6.45) is 1.09. The van der Waals surface area contributed by atoms with E-state index in [0.717, 1.165) is 23.9 Å². The first kappa shape index (κ1) is 20.0. The first-order chi connectivity index (χ1) is 13.9. The van der Waals surface area contributed by atoms with Crippen LogP contribution in [0.15, 0.2) is 47.6 Å². The number of hydrogen-bond donors (Lipinski definition) is 2. The Balaban J connectivity index is 1.79. The molecule has 0 fully saturated rings. The molecule has 9 nitrogen and oxygen atoms in total. The molecule has 0 aliphatic heterocycles. The third kappa shape index (κ3) is 4.38. The first-order valence-electron chi connectivity index (χ1n) is 8.32. The van der Waals surface area contributed by atoms with Crippen LogP contribution in [-0.4, -0.2) is 34.2 Å². The molecular weight excluding hydrogens is 396 g/mol. The Morgan fingerprint density at radius 2 is 2.07 bits per heavy atom. The predicted molar refractivity (Wildman–Crippen MR) is 109 cm³/mol. The van der Waals surface area contributed by atoms with Crippen molar-refractivity contribution in [3.63, 3.8) is 0 Å². The zero-order valence-corrected chi connectivity index (χ0v) is 16.3. The van der Waals surface area contributed by atoms with E-state index in [9.17, 15) is 20.0 Å². The Morgan fingerprint density at radius 1 is 1.34 bits per heavy atom. The van der Waals surface area contributed by atoms with Crippen molar-refractivity contribution in [3.05, 3.63) is 68.7 Å². The van der Waals surface area contributed by atoms with Gasteiger partial charge in [-0.3, -0.25) is 14.9 Å². The van der Waals surface area contributed by atoms with Gasteiger partial charge in [0.2, 0.25) is 0 Å². The van der Waals surface area contributed by atoms with Gasteiger partial charge in [-0.15, -0.1) is 11.3 Å². The number of amides is 1. The fourth-order valence-corrected chi connectivity index (χ4v) is 3.48. The molecule has 1 aromatic heterocycles. The molecule has 0 aliphatic rings. The number of benzene rings is 2. The maximum absolute atomic E-state index is 12.4. The van der Waals surface area contributed by atoms with E-state index < -0.39 is 10.8 Å². The number of rotatable bonds is 6. The number of phenols is 1. The summed E-state index contributed by atoms with van der Waals surface area (Å²) in [5, 5.41) is 25.5. The van der Waals surface area contributed by atoms with E-state index in [-0.39, 0.29) is 22.7 Å². The molecule has 0 saturated carbocycles. The molecule has 0 radical (unpaired) electrons. The van der Waals surface area contributed by atoms with Crippen molar-refractivity contribution in [1.29, 1.82) is 0 Å². The van der Waals surface area contributed by atoms with Crippen molar-refractivity contribution in [3.8, 4) is 22.1 Å². The number of carbonyl (C=O) groups excluding carboxylic acids is 1. The molecule has 0 aliphatic carbocycles. The Hall–Kier alpha value is -3.79. The number of nitrogens with one attached hydrogen (secondary N) is 1. The van der Waals surface area contributed by atoms with Gasteiger partial charge >= 0.3 is 0 Å². The van der Waals surface area contributed by atoms with Crippen molar-refractivity contribution < 1.29 is 19.6 Å². The minimum Gasteiger partial charge on any atom is -0.504 e. The molecule has 0 saturated heterocycles. The van der Waals surface area contributed by atoms with E-state index in [2.05, 4.69) is 15.5 Å². The van der Waals surface area contributed by atoms with Gasteiger partial charge in [0, 0.05) is 5.56 Å². The molecule has 10 heteroatoms. The van der Waals surface area contributed by atoms with Crippen LogP contribution in [0.25, 0.3) is 10.6 Å². The van der Waals surface area contributed by atoms with Crippen molar-refractivity contribution >= 4 is 29.1 Å². The highest BCUT2D eigenvalue weighted by Gasteiger charge is 2.18. The molecule has 29 heavy (non-hydrogen) atoms. The normalized spacial score (nSPS) is 10.8. The average molecular weight is 412 g/mol. The lowest BCUT2D eigenvalue weighted by atomic mass is 10.1. The SMILES string of the molecule is COc1cc([N+](=O)[O-])c(/C=N/NC(=O)c2sc(-c3ccccc3)nc2C)cc1O. The lowest BCUT2D eigenvalue weighted by Crippen LogP contribution is -2.17. The number of phenolic OH excluding ortho intramolecular Hbond substituents is 1. The van der Waals surface area contributed by atoms with Gasteiger partial charge in [0.25, 0.3) is 11.6 Å². The largest absolute Gasteiger partial charge is 0.504 e. The summed E-state index contributed by atoms with van der Waals surface area (Å²) in [4.78, 5) is 27.8. The number of aromatic hydroxyl groups is 1. The van der Waals surface area contributed by atoms with Gasteiger partial charge in [-0.2, -0.15) is 5.10 Å². The molecular formula is C19H16N4O5S. The Kier molecular flexibility index (Phi) is 5.84. The summed E-state index contributed by atoms with van der Waals surface area (Å²) in [7, 11) is 1.29. The zero-order chi connectivity index (χ0) is 21.0. The molecule has 3 rings (SSSR count). The molecule has 2 aromatic carbocycles. The summed E-state index contributed by atoms with van der Waals surface area (Å²) >= 11 is 1.22. The van der Waals surface area contributed by atoms with Crippen LogP contribution in [0.2, 0.25) is 0 Å².